The van der Waals surface area contributed by atoms with Gasteiger partial charge in [0.25, 0.3) is 0 Å². The van der Waals surface area contributed by atoms with Crippen LogP contribution in [0.5, 0.6) is 0 Å². The molecule has 0 atom stereocenters. The molecule has 1 aliphatic carbocycles. The van der Waals surface area contributed by atoms with Gasteiger partial charge in [-0.2, -0.15) is 0 Å². The van der Waals surface area contributed by atoms with E-state index in [1.54, 1.807) is 0 Å². The molecule has 0 unspecified atom stereocenters. The smallest absolute Gasteiger partial charge is 0.208 e. The van der Waals surface area contributed by atoms with E-state index in [4.69, 9.17) is 0 Å². The summed E-state index contributed by atoms with van der Waals surface area (Å²) in [6.45, 7) is 2.04. The molecule has 13 heavy (non-hydrogen) atoms. The first kappa shape index (κ1) is 10.7. The fraction of sp³-hybridized carbons (Fsp3) is 0.778. The molecule has 0 aliphatic heterocycles. The predicted molar refractivity (Wildman–Crippen MR) is 54.0 cm³/mol. The van der Waals surface area contributed by atoms with Crippen LogP contribution in [-0.2, 0) is 10.0 Å². The second-order valence-corrected chi connectivity index (χ2v) is 5.39. The Labute approximate surface area is 80.3 Å². The Morgan fingerprint density at radius 2 is 1.92 bits per heavy atom. The highest BCUT2D eigenvalue weighted by Crippen LogP contribution is 2.23. The Balaban J connectivity index is 2.42. The lowest BCUT2D eigenvalue weighted by Crippen LogP contribution is -2.35. The van der Waals surface area contributed by atoms with Crippen LogP contribution in [0.3, 0.4) is 0 Å². The molecule has 0 amide bonds. The molecule has 0 bridgehead atoms. The fourth-order valence-corrected chi connectivity index (χ4v) is 2.54. The second-order valence-electron chi connectivity index (χ2n) is 3.61. The third kappa shape index (κ3) is 3.91. The molecule has 0 aromatic rings. The minimum Gasteiger partial charge on any atom is -0.213 e. The molecule has 3 nitrogen and oxygen atoms in total. The number of hydrogen-bond acceptors (Lipinski definition) is 2. The van der Waals surface area contributed by atoms with Crippen LogP contribution in [0.25, 0.3) is 0 Å². The summed E-state index contributed by atoms with van der Waals surface area (Å²) in [4.78, 5) is 0. The molecule has 4 heteroatoms. The van der Waals surface area contributed by atoms with Crippen molar-refractivity contribution >= 4 is 10.0 Å². The first-order chi connectivity index (χ1) is 6.01. The van der Waals surface area contributed by atoms with Crippen LogP contribution in [-0.4, -0.2) is 20.7 Å². The highest BCUT2D eigenvalue weighted by Gasteiger charge is 2.18. The Hall–Kier alpha value is -0.350. The zero-order valence-electron chi connectivity index (χ0n) is 8.21. The summed E-state index contributed by atoms with van der Waals surface area (Å²) in [7, 11) is -3.02. The van der Waals surface area contributed by atoms with Crippen molar-refractivity contribution in [2.75, 3.05) is 6.26 Å². The Morgan fingerprint density at radius 3 is 2.31 bits per heavy atom. The van der Waals surface area contributed by atoms with Crippen molar-refractivity contribution in [2.24, 2.45) is 0 Å². The lowest BCUT2D eigenvalue weighted by atomic mass is 9.91. The Morgan fingerprint density at radius 1 is 1.38 bits per heavy atom. The molecule has 76 valence electrons. The number of rotatable bonds is 2. The minimum atomic E-state index is -3.02. The summed E-state index contributed by atoms with van der Waals surface area (Å²) in [5.41, 5.74) is 1.45. The molecule has 1 rings (SSSR count). The monoisotopic (exact) mass is 203 g/mol. The van der Waals surface area contributed by atoms with Crippen molar-refractivity contribution in [2.45, 2.75) is 38.6 Å². The molecule has 1 fully saturated rings. The quantitative estimate of drug-likeness (QED) is 0.690. The van der Waals surface area contributed by atoms with Gasteiger partial charge in [-0.25, -0.2) is 13.1 Å². The molecular formula is C9H17NO2S. The van der Waals surface area contributed by atoms with Crippen molar-refractivity contribution in [3.8, 4) is 0 Å². The van der Waals surface area contributed by atoms with E-state index < -0.39 is 10.0 Å². The maximum Gasteiger partial charge on any atom is 0.208 e. The maximum absolute atomic E-state index is 10.9. The van der Waals surface area contributed by atoms with E-state index in [-0.39, 0.29) is 6.04 Å². The Kier molecular flexibility index (Phi) is 3.50. The third-order valence-electron chi connectivity index (χ3n) is 2.42. The van der Waals surface area contributed by atoms with Crippen molar-refractivity contribution in [1.82, 2.24) is 4.72 Å². The van der Waals surface area contributed by atoms with Crippen LogP contribution in [0.1, 0.15) is 32.6 Å². The van der Waals surface area contributed by atoms with Crippen LogP contribution in [0.2, 0.25) is 0 Å². The van der Waals surface area contributed by atoms with E-state index >= 15 is 0 Å². The lowest BCUT2D eigenvalue weighted by Gasteiger charge is -2.23. The zero-order chi connectivity index (χ0) is 9.90. The van der Waals surface area contributed by atoms with Crippen LogP contribution in [0, 0.1) is 0 Å². The summed E-state index contributed by atoms with van der Waals surface area (Å²) >= 11 is 0. The average Bonchev–Trinajstić information content (AvgIpc) is 2.03. The van der Waals surface area contributed by atoms with Gasteiger partial charge in [0.2, 0.25) is 10.0 Å². The topological polar surface area (TPSA) is 46.2 Å². The molecular weight excluding hydrogens is 186 g/mol. The molecule has 0 heterocycles. The predicted octanol–water partition coefficient (Wildman–Crippen LogP) is 1.42. The number of sulfonamides is 1. The SMILES string of the molecule is CC=C1CCC(NS(C)(=O)=O)CC1. The molecule has 0 saturated heterocycles. The van der Waals surface area contributed by atoms with E-state index in [1.807, 2.05) is 6.92 Å². The minimum absolute atomic E-state index is 0.152. The van der Waals surface area contributed by atoms with Gasteiger partial charge in [-0.3, -0.25) is 0 Å². The zero-order valence-corrected chi connectivity index (χ0v) is 9.02. The molecule has 0 aromatic heterocycles. The average molecular weight is 203 g/mol. The van der Waals surface area contributed by atoms with Crippen molar-refractivity contribution in [3.63, 3.8) is 0 Å². The van der Waals surface area contributed by atoms with Gasteiger partial charge in [0.05, 0.1) is 6.26 Å². The number of allylic oxidation sites excluding steroid dienone is 2. The summed E-state index contributed by atoms with van der Waals surface area (Å²) in [6.07, 6.45) is 7.29. The summed E-state index contributed by atoms with van der Waals surface area (Å²) in [6, 6.07) is 0.152. The highest BCUT2D eigenvalue weighted by atomic mass is 32.2. The van der Waals surface area contributed by atoms with Crippen LogP contribution in [0.15, 0.2) is 11.6 Å². The maximum atomic E-state index is 10.9. The van der Waals surface area contributed by atoms with Crippen molar-refractivity contribution in [1.29, 1.82) is 0 Å². The molecule has 1 saturated carbocycles. The van der Waals surface area contributed by atoms with Gasteiger partial charge in [0.1, 0.15) is 0 Å². The van der Waals surface area contributed by atoms with Gasteiger partial charge < -0.3 is 0 Å². The van der Waals surface area contributed by atoms with Gasteiger partial charge in [-0.1, -0.05) is 11.6 Å². The summed E-state index contributed by atoms with van der Waals surface area (Å²) < 4.78 is 24.5. The molecule has 0 radical (unpaired) electrons. The number of nitrogens with one attached hydrogen (secondary N) is 1. The van der Waals surface area contributed by atoms with E-state index in [9.17, 15) is 8.42 Å². The van der Waals surface area contributed by atoms with Crippen LogP contribution >= 0.6 is 0 Å². The summed E-state index contributed by atoms with van der Waals surface area (Å²) in [5, 5.41) is 0. The van der Waals surface area contributed by atoms with Crippen LogP contribution < -0.4 is 4.72 Å². The molecule has 1 aliphatic rings. The van der Waals surface area contributed by atoms with Crippen molar-refractivity contribution < 1.29 is 8.42 Å². The summed E-state index contributed by atoms with van der Waals surface area (Å²) in [5.74, 6) is 0. The Bertz CT molecular complexity index is 283. The van der Waals surface area contributed by atoms with Crippen molar-refractivity contribution in [3.05, 3.63) is 11.6 Å². The fourth-order valence-electron chi connectivity index (χ4n) is 1.70. The number of hydrogen-bond donors (Lipinski definition) is 1. The van der Waals surface area contributed by atoms with Gasteiger partial charge in [-0.05, 0) is 32.6 Å². The van der Waals surface area contributed by atoms with E-state index in [2.05, 4.69) is 10.8 Å². The highest BCUT2D eigenvalue weighted by molar-refractivity contribution is 7.88. The molecule has 0 aromatic carbocycles. The molecule has 1 N–H and O–H groups in total. The normalized spacial score (nSPS) is 24.5. The van der Waals surface area contributed by atoms with E-state index in [1.165, 1.54) is 11.8 Å². The van der Waals surface area contributed by atoms with E-state index in [0.29, 0.717) is 0 Å². The van der Waals surface area contributed by atoms with Crippen LogP contribution in [0.4, 0.5) is 0 Å². The molecule has 0 spiro atoms. The van der Waals surface area contributed by atoms with Gasteiger partial charge >= 0.3 is 0 Å². The van der Waals surface area contributed by atoms with Gasteiger partial charge in [-0.15, -0.1) is 0 Å². The first-order valence-corrected chi connectivity index (χ1v) is 6.52. The van der Waals surface area contributed by atoms with E-state index in [0.717, 1.165) is 25.7 Å². The first-order valence-electron chi connectivity index (χ1n) is 4.62. The van der Waals surface area contributed by atoms with Gasteiger partial charge in [0.15, 0.2) is 0 Å². The largest absolute Gasteiger partial charge is 0.213 e. The third-order valence-corrected chi connectivity index (χ3v) is 3.18. The second kappa shape index (κ2) is 4.24. The van der Waals surface area contributed by atoms with Gasteiger partial charge in [0, 0.05) is 6.04 Å². The standard InChI is InChI=1S/C9H17NO2S/c1-3-8-4-6-9(7-5-8)10-13(2,11)12/h3,9-10H,4-7H2,1-2H3. The lowest BCUT2D eigenvalue weighted by molar-refractivity contribution is 0.467.